The zero-order chi connectivity index (χ0) is 21.4. The van der Waals surface area contributed by atoms with Gasteiger partial charge in [0.05, 0.1) is 16.3 Å². The van der Waals surface area contributed by atoms with Crippen molar-refractivity contribution in [2.24, 2.45) is 0 Å². The molecule has 1 heterocycles. The van der Waals surface area contributed by atoms with Gasteiger partial charge in [-0.3, -0.25) is 4.79 Å². The third kappa shape index (κ3) is 6.28. The third-order valence-corrected chi connectivity index (χ3v) is 7.40. The number of hydrogen-bond donors (Lipinski definition) is 1. The molecule has 3 rings (SSSR count). The molecule has 0 bridgehead atoms. The predicted molar refractivity (Wildman–Crippen MR) is 120 cm³/mol. The van der Waals surface area contributed by atoms with E-state index in [9.17, 15) is 13.2 Å². The van der Waals surface area contributed by atoms with E-state index < -0.39 is 10.0 Å². The molecule has 1 saturated heterocycles. The Bertz CT molecular complexity index is 932. The lowest BCUT2D eigenvalue weighted by Crippen LogP contribution is -2.48. The van der Waals surface area contributed by atoms with Gasteiger partial charge in [0.2, 0.25) is 10.0 Å². The summed E-state index contributed by atoms with van der Waals surface area (Å²) in [5, 5.41) is 3.53. The van der Waals surface area contributed by atoms with E-state index in [0.29, 0.717) is 43.3 Å². The lowest BCUT2D eigenvalue weighted by molar-refractivity contribution is 0.0763. The molecule has 0 radical (unpaired) electrons. The van der Waals surface area contributed by atoms with Gasteiger partial charge in [-0.1, -0.05) is 54.1 Å². The maximum absolute atomic E-state index is 13.1. The zero-order valence-corrected chi connectivity index (χ0v) is 18.5. The molecule has 1 amide bonds. The van der Waals surface area contributed by atoms with Crippen molar-refractivity contribution in [3.05, 3.63) is 70.7 Å². The van der Waals surface area contributed by atoms with Crippen molar-refractivity contribution in [2.75, 3.05) is 45.0 Å². The highest BCUT2D eigenvalue weighted by Crippen LogP contribution is 2.18. The molecule has 30 heavy (non-hydrogen) atoms. The molecule has 1 fully saturated rings. The quantitative estimate of drug-likeness (QED) is 0.639. The smallest absolute Gasteiger partial charge is 0.255 e. The Hall–Kier alpha value is -1.93. The number of rotatable bonds is 9. The van der Waals surface area contributed by atoms with Crippen molar-refractivity contribution < 1.29 is 13.2 Å². The van der Waals surface area contributed by atoms with Gasteiger partial charge in [-0.2, -0.15) is 4.31 Å². The summed E-state index contributed by atoms with van der Waals surface area (Å²) >= 11 is 6.22. The Morgan fingerprint density at radius 2 is 1.67 bits per heavy atom. The summed E-state index contributed by atoms with van der Waals surface area (Å²) in [5.74, 6) is -0.321. The van der Waals surface area contributed by atoms with Gasteiger partial charge in [-0.15, -0.1) is 0 Å². The first-order chi connectivity index (χ1) is 14.5. The number of piperazine rings is 1. The molecule has 2 aromatic rings. The largest absolute Gasteiger partial charge is 0.338 e. The van der Waals surface area contributed by atoms with E-state index in [1.165, 1.54) is 9.87 Å². The average molecular weight is 450 g/mol. The molecule has 0 saturated carbocycles. The van der Waals surface area contributed by atoms with Gasteiger partial charge in [0.1, 0.15) is 0 Å². The lowest BCUT2D eigenvalue weighted by Gasteiger charge is -2.28. The molecular formula is C22H28ClN3O3S. The van der Waals surface area contributed by atoms with Crippen molar-refractivity contribution in [3.63, 3.8) is 0 Å². The van der Waals surface area contributed by atoms with Crippen molar-refractivity contribution >= 4 is 27.5 Å². The molecule has 0 aromatic heterocycles. The van der Waals surface area contributed by atoms with Crippen LogP contribution in [0.4, 0.5) is 0 Å². The number of halogens is 1. The van der Waals surface area contributed by atoms with Gasteiger partial charge in [0.15, 0.2) is 0 Å². The molecule has 2 aromatic carbocycles. The molecule has 0 spiro atoms. The van der Waals surface area contributed by atoms with Crippen LogP contribution in [0.5, 0.6) is 0 Å². The third-order valence-electron chi connectivity index (χ3n) is 5.22. The van der Waals surface area contributed by atoms with E-state index in [4.69, 9.17) is 11.6 Å². The summed E-state index contributed by atoms with van der Waals surface area (Å²) < 4.78 is 27.0. The second-order valence-corrected chi connectivity index (χ2v) is 9.82. The summed E-state index contributed by atoms with van der Waals surface area (Å²) in [5.41, 5.74) is 1.59. The minimum absolute atomic E-state index is 0.0888. The first kappa shape index (κ1) is 22.7. The summed E-state index contributed by atoms with van der Waals surface area (Å²) in [6.07, 6.45) is 1.56. The molecule has 1 aliphatic heterocycles. The van der Waals surface area contributed by atoms with Crippen LogP contribution in [0, 0.1) is 0 Å². The predicted octanol–water partition coefficient (Wildman–Crippen LogP) is 2.65. The summed E-state index contributed by atoms with van der Waals surface area (Å²) in [4.78, 5) is 14.7. The van der Waals surface area contributed by atoms with Gasteiger partial charge in [0.25, 0.3) is 5.91 Å². The molecular weight excluding hydrogens is 422 g/mol. The van der Waals surface area contributed by atoms with E-state index in [2.05, 4.69) is 17.4 Å². The number of carbonyl (C=O) groups is 1. The zero-order valence-electron chi connectivity index (χ0n) is 17.0. The highest BCUT2D eigenvalue weighted by Gasteiger charge is 2.26. The molecule has 1 aliphatic rings. The minimum Gasteiger partial charge on any atom is -0.338 e. The molecule has 8 heteroatoms. The summed E-state index contributed by atoms with van der Waals surface area (Å²) in [6, 6.07) is 16.9. The maximum Gasteiger partial charge on any atom is 0.255 e. The standard InChI is InChI=1S/C22H28ClN3O3S/c23-21-11-5-4-10-20(21)22(27)25(14-6-9-19-7-2-1-3-8-19)17-18-30(28,29)26-15-12-24-13-16-26/h1-5,7-8,10-11,24H,6,9,12-18H2. The van der Waals surface area contributed by atoms with Crippen molar-refractivity contribution in [1.82, 2.24) is 14.5 Å². The number of hydrogen-bond acceptors (Lipinski definition) is 4. The Balaban J connectivity index is 1.68. The fraction of sp³-hybridized carbons (Fsp3) is 0.409. The molecule has 1 N–H and O–H groups in total. The first-order valence-electron chi connectivity index (χ1n) is 10.2. The molecule has 6 nitrogen and oxygen atoms in total. The fourth-order valence-corrected chi connectivity index (χ4v) is 5.18. The summed E-state index contributed by atoms with van der Waals surface area (Å²) in [7, 11) is -3.41. The first-order valence-corrected chi connectivity index (χ1v) is 12.2. The van der Waals surface area contributed by atoms with Crippen LogP contribution in [0.25, 0.3) is 0 Å². The van der Waals surface area contributed by atoms with Crippen LogP contribution in [0.3, 0.4) is 0 Å². The van der Waals surface area contributed by atoms with Gasteiger partial charge in [-0.05, 0) is 30.5 Å². The van der Waals surface area contributed by atoms with Crippen LogP contribution < -0.4 is 5.32 Å². The second kappa shape index (κ2) is 10.9. The summed E-state index contributed by atoms with van der Waals surface area (Å²) in [6.45, 7) is 2.85. The van der Waals surface area contributed by atoms with Gasteiger partial charge in [-0.25, -0.2) is 8.42 Å². The van der Waals surface area contributed by atoms with Gasteiger partial charge in [0, 0.05) is 39.3 Å². The van der Waals surface area contributed by atoms with Gasteiger partial charge >= 0.3 is 0 Å². The van der Waals surface area contributed by atoms with Crippen LogP contribution in [0.2, 0.25) is 5.02 Å². The van der Waals surface area contributed by atoms with E-state index >= 15 is 0 Å². The number of aryl methyl sites for hydroxylation is 1. The van der Waals surface area contributed by atoms with Crippen molar-refractivity contribution in [2.45, 2.75) is 12.8 Å². The Morgan fingerprint density at radius 1 is 1.00 bits per heavy atom. The monoisotopic (exact) mass is 449 g/mol. The van der Waals surface area contributed by atoms with Crippen LogP contribution in [-0.2, 0) is 16.4 Å². The molecule has 0 aliphatic carbocycles. The highest BCUT2D eigenvalue weighted by atomic mass is 35.5. The topological polar surface area (TPSA) is 69.7 Å². The lowest BCUT2D eigenvalue weighted by atomic mass is 10.1. The van der Waals surface area contributed by atoms with Crippen LogP contribution >= 0.6 is 11.6 Å². The normalized spacial score (nSPS) is 15.1. The van der Waals surface area contributed by atoms with Crippen molar-refractivity contribution in [3.8, 4) is 0 Å². The van der Waals surface area contributed by atoms with Gasteiger partial charge < -0.3 is 10.2 Å². The number of carbonyl (C=O) groups excluding carboxylic acids is 1. The van der Waals surface area contributed by atoms with Crippen LogP contribution in [0.1, 0.15) is 22.3 Å². The van der Waals surface area contributed by atoms with E-state index in [-0.39, 0.29) is 18.2 Å². The molecule has 162 valence electrons. The van der Waals surface area contributed by atoms with E-state index in [1.54, 1.807) is 29.2 Å². The van der Waals surface area contributed by atoms with Crippen molar-refractivity contribution in [1.29, 1.82) is 0 Å². The number of nitrogens with one attached hydrogen (secondary N) is 1. The molecule has 0 unspecified atom stereocenters. The average Bonchev–Trinajstić information content (AvgIpc) is 2.77. The highest BCUT2D eigenvalue weighted by molar-refractivity contribution is 7.89. The maximum atomic E-state index is 13.1. The second-order valence-electron chi connectivity index (χ2n) is 7.33. The number of amides is 1. The SMILES string of the molecule is O=C(c1ccccc1Cl)N(CCCc1ccccc1)CCS(=O)(=O)N1CCNCC1. The minimum atomic E-state index is -3.41. The fourth-order valence-electron chi connectivity index (χ4n) is 3.52. The van der Waals surface area contributed by atoms with Crippen LogP contribution in [0.15, 0.2) is 54.6 Å². The Morgan fingerprint density at radius 3 is 2.37 bits per heavy atom. The number of nitrogens with zero attached hydrogens (tertiary/aromatic N) is 2. The number of benzene rings is 2. The Labute approximate surface area is 183 Å². The van der Waals surface area contributed by atoms with Crippen LogP contribution in [-0.4, -0.2) is 68.6 Å². The number of sulfonamides is 1. The van der Waals surface area contributed by atoms with E-state index in [0.717, 1.165) is 12.8 Å². The molecule has 0 atom stereocenters. The Kier molecular flexibility index (Phi) is 8.27. The van der Waals surface area contributed by atoms with E-state index in [1.807, 2.05) is 18.2 Å².